The average molecular weight is 488 g/mol. The van der Waals surface area contributed by atoms with Gasteiger partial charge in [-0.3, -0.25) is 4.79 Å². The first-order valence-corrected chi connectivity index (χ1v) is 13.2. The lowest BCUT2D eigenvalue weighted by molar-refractivity contribution is 0.0905. The number of amides is 1. The van der Waals surface area contributed by atoms with E-state index < -0.39 is 10.0 Å². The van der Waals surface area contributed by atoms with Crippen LogP contribution in [0.2, 0.25) is 5.02 Å². The molecule has 9 nitrogen and oxygen atoms in total. The van der Waals surface area contributed by atoms with E-state index >= 15 is 0 Å². The number of sulfonamides is 1. The number of halogens is 1. The maximum Gasteiger partial charge on any atom is 0.255 e. The highest BCUT2D eigenvalue weighted by Gasteiger charge is 2.25. The summed E-state index contributed by atoms with van der Waals surface area (Å²) in [4.78, 5) is 17.5. The van der Waals surface area contributed by atoms with Crippen LogP contribution >= 0.6 is 11.6 Å². The Balaban J connectivity index is 1.37. The monoisotopic (exact) mass is 487 g/mol. The van der Waals surface area contributed by atoms with Gasteiger partial charge in [0.2, 0.25) is 10.0 Å². The Morgan fingerprint density at radius 1 is 1.12 bits per heavy atom. The van der Waals surface area contributed by atoms with Crippen molar-refractivity contribution >= 4 is 33.2 Å². The summed E-state index contributed by atoms with van der Waals surface area (Å²) in [7, 11) is -1.57. The molecule has 0 saturated carbocycles. The summed E-state index contributed by atoms with van der Waals surface area (Å²) in [6.45, 7) is 6.60. The number of nitrogens with two attached hydrogens (primary N) is 1. The minimum atomic E-state index is -3.08. The molecule has 0 aromatic heterocycles. The van der Waals surface area contributed by atoms with Gasteiger partial charge >= 0.3 is 0 Å². The Hall–Kier alpha value is -1.59. The lowest BCUT2D eigenvalue weighted by Crippen LogP contribution is -2.49. The molecule has 32 heavy (non-hydrogen) atoms. The highest BCUT2D eigenvalue weighted by Crippen LogP contribution is 2.29. The largest absolute Gasteiger partial charge is 0.496 e. The van der Waals surface area contributed by atoms with E-state index in [1.165, 1.54) is 13.4 Å². The van der Waals surface area contributed by atoms with Crippen LogP contribution in [0.5, 0.6) is 5.75 Å². The zero-order chi connectivity index (χ0) is 23.3. The second kappa shape index (κ2) is 11.0. The van der Waals surface area contributed by atoms with Gasteiger partial charge in [0, 0.05) is 51.4 Å². The molecular weight excluding hydrogens is 454 g/mol. The molecule has 3 rings (SSSR count). The summed E-state index contributed by atoms with van der Waals surface area (Å²) in [5, 5.41) is 3.43. The third-order valence-corrected chi connectivity index (χ3v) is 7.87. The zero-order valence-corrected chi connectivity index (χ0v) is 20.4. The van der Waals surface area contributed by atoms with Crippen molar-refractivity contribution in [3.63, 3.8) is 0 Å². The van der Waals surface area contributed by atoms with Crippen LogP contribution in [-0.2, 0) is 10.0 Å². The molecule has 1 aromatic rings. The molecule has 2 aliphatic rings. The molecule has 1 amide bonds. The Morgan fingerprint density at radius 3 is 2.28 bits per heavy atom. The standard InChI is InChI=1S/C21H34ClN5O4S/c1-31-20-15-19(23)18(22)14-17(20)21(28)24-16-4-8-25(9-5-16)6-3-7-26-10-12-27(13-11-26)32(2,29)30/h14-16H,3-13,23H2,1-2H3,(H,24,28). The molecule has 2 fully saturated rings. The van der Waals surface area contributed by atoms with E-state index in [2.05, 4.69) is 15.1 Å². The van der Waals surface area contributed by atoms with Gasteiger partial charge in [0.25, 0.3) is 5.91 Å². The molecule has 0 atom stereocenters. The van der Waals surface area contributed by atoms with E-state index in [-0.39, 0.29) is 11.9 Å². The summed E-state index contributed by atoms with van der Waals surface area (Å²) in [5.41, 5.74) is 6.57. The first-order valence-electron chi connectivity index (χ1n) is 11.0. The van der Waals surface area contributed by atoms with E-state index in [4.69, 9.17) is 22.1 Å². The number of ether oxygens (including phenoxy) is 1. The summed E-state index contributed by atoms with van der Waals surface area (Å²) >= 11 is 6.08. The van der Waals surface area contributed by atoms with Crippen molar-refractivity contribution < 1.29 is 17.9 Å². The first-order chi connectivity index (χ1) is 15.2. The number of carbonyl (C=O) groups is 1. The quantitative estimate of drug-likeness (QED) is 0.528. The highest BCUT2D eigenvalue weighted by molar-refractivity contribution is 7.88. The van der Waals surface area contributed by atoms with Gasteiger partial charge in [0.05, 0.1) is 29.6 Å². The zero-order valence-electron chi connectivity index (χ0n) is 18.8. The summed E-state index contributed by atoms with van der Waals surface area (Å²) in [6.07, 6.45) is 4.11. The minimum absolute atomic E-state index is 0.115. The topological polar surface area (TPSA) is 108 Å². The molecule has 0 bridgehead atoms. The van der Waals surface area contributed by atoms with Gasteiger partial charge in [0.15, 0.2) is 0 Å². The van der Waals surface area contributed by atoms with Gasteiger partial charge in [-0.15, -0.1) is 0 Å². The van der Waals surface area contributed by atoms with Crippen molar-refractivity contribution in [2.24, 2.45) is 0 Å². The number of rotatable bonds is 8. The van der Waals surface area contributed by atoms with Crippen LogP contribution in [0.1, 0.15) is 29.6 Å². The summed E-state index contributed by atoms with van der Waals surface area (Å²) in [5.74, 6) is 0.217. The van der Waals surface area contributed by atoms with Crippen molar-refractivity contribution in [2.45, 2.75) is 25.3 Å². The van der Waals surface area contributed by atoms with Crippen molar-refractivity contribution in [1.82, 2.24) is 19.4 Å². The molecule has 0 aliphatic carbocycles. The number of nitrogens with zero attached hydrogens (tertiary/aromatic N) is 3. The number of methoxy groups -OCH3 is 1. The summed E-state index contributed by atoms with van der Waals surface area (Å²) < 4.78 is 30.0. The van der Waals surface area contributed by atoms with Crippen LogP contribution in [0.3, 0.4) is 0 Å². The Kier molecular flexibility index (Phi) is 8.62. The number of hydrogen-bond acceptors (Lipinski definition) is 7. The highest BCUT2D eigenvalue weighted by atomic mass is 35.5. The molecule has 11 heteroatoms. The number of benzene rings is 1. The van der Waals surface area contributed by atoms with E-state index in [0.29, 0.717) is 35.1 Å². The second-order valence-electron chi connectivity index (χ2n) is 8.52. The molecule has 0 spiro atoms. The first kappa shape index (κ1) is 25.0. The van der Waals surface area contributed by atoms with Crippen LogP contribution in [0.4, 0.5) is 5.69 Å². The van der Waals surface area contributed by atoms with Crippen LogP contribution < -0.4 is 15.8 Å². The minimum Gasteiger partial charge on any atom is -0.496 e. The van der Waals surface area contributed by atoms with E-state index in [1.54, 1.807) is 16.4 Å². The summed E-state index contributed by atoms with van der Waals surface area (Å²) in [6, 6.07) is 3.24. The predicted octanol–water partition coefficient (Wildman–Crippen LogP) is 1.09. The van der Waals surface area contributed by atoms with Gasteiger partial charge in [-0.05, 0) is 38.4 Å². The number of anilines is 1. The van der Waals surface area contributed by atoms with E-state index in [0.717, 1.165) is 58.5 Å². The van der Waals surface area contributed by atoms with Crippen molar-refractivity contribution in [2.75, 3.05) is 71.5 Å². The third kappa shape index (κ3) is 6.71. The van der Waals surface area contributed by atoms with Crippen molar-refractivity contribution in [3.05, 3.63) is 22.7 Å². The molecule has 1 aromatic carbocycles. The Bertz CT molecular complexity index is 898. The third-order valence-electron chi connectivity index (χ3n) is 6.24. The molecule has 2 aliphatic heterocycles. The molecule has 2 saturated heterocycles. The van der Waals surface area contributed by atoms with Crippen LogP contribution in [0, 0.1) is 0 Å². The van der Waals surface area contributed by atoms with Gasteiger partial charge in [-0.25, -0.2) is 8.42 Å². The van der Waals surface area contributed by atoms with E-state index in [9.17, 15) is 13.2 Å². The van der Waals surface area contributed by atoms with Crippen molar-refractivity contribution in [1.29, 1.82) is 0 Å². The maximum atomic E-state index is 12.7. The second-order valence-corrected chi connectivity index (χ2v) is 10.9. The number of carbonyl (C=O) groups excluding carboxylic acids is 1. The van der Waals surface area contributed by atoms with Gasteiger partial charge in [-0.2, -0.15) is 4.31 Å². The molecular formula is C21H34ClN5O4S. The molecule has 0 radical (unpaired) electrons. The number of hydrogen-bond donors (Lipinski definition) is 2. The van der Waals surface area contributed by atoms with Crippen LogP contribution in [0.25, 0.3) is 0 Å². The molecule has 2 heterocycles. The fraction of sp³-hybridized carbons (Fsp3) is 0.667. The molecule has 3 N–H and O–H groups in total. The van der Waals surface area contributed by atoms with Crippen LogP contribution in [0.15, 0.2) is 12.1 Å². The van der Waals surface area contributed by atoms with Crippen LogP contribution in [-0.4, -0.2) is 100 Å². The Morgan fingerprint density at radius 2 is 1.72 bits per heavy atom. The number of nitrogens with one attached hydrogen (secondary N) is 1. The lowest BCUT2D eigenvalue weighted by Gasteiger charge is -2.35. The fourth-order valence-corrected chi connectivity index (χ4v) is 5.27. The van der Waals surface area contributed by atoms with Gasteiger partial charge in [0.1, 0.15) is 5.75 Å². The number of likely N-dealkylation sites (tertiary alicyclic amines) is 1. The predicted molar refractivity (Wildman–Crippen MR) is 127 cm³/mol. The number of nitrogen functional groups attached to an aromatic ring is 1. The lowest BCUT2D eigenvalue weighted by atomic mass is 10.0. The Labute approximate surface area is 195 Å². The smallest absolute Gasteiger partial charge is 0.255 e. The molecule has 180 valence electrons. The van der Waals surface area contributed by atoms with Crippen molar-refractivity contribution in [3.8, 4) is 5.75 Å². The van der Waals surface area contributed by atoms with Gasteiger partial charge in [-0.1, -0.05) is 11.6 Å². The number of piperidine rings is 1. The fourth-order valence-electron chi connectivity index (χ4n) is 4.28. The normalized spacial score (nSPS) is 19.7. The average Bonchev–Trinajstić information content (AvgIpc) is 2.76. The number of piperazine rings is 1. The maximum absolute atomic E-state index is 12.7. The van der Waals surface area contributed by atoms with Gasteiger partial charge < -0.3 is 25.6 Å². The molecule has 0 unspecified atom stereocenters. The SMILES string of the molecule is COc1cc(N)c(Cl)cc1C(=O)NC1CCN(CCCN2CCN(S(C)(=O)=O)CC2)CC1. The van der Waals surface area contributed by atoms with E-state index in [1.807, 2.05) is 0 Å².